The molecule has 0 radical (unpaired) electrons. The van der Waals surface area contributed by atoms with E-state index in [1.54, 1.807) is 23.1 Å². The molecule has 2 heterocycles. The lowest BCUT2D eigenvalue weighted by Gasteiger charge is -2.14. The van der Waals surface area contributed by atoms with Crippen molar-refractivity contribution in [3.63, 3.8) is 0 Å². The van der Waals surface area contributed by atoms with Crippen molar-refractivity contribution in [1.82, 2.24) is 10.3 Å². The maximum absolute atomic E-state index is 12.2. The molecule has 27 heavy (non-hydrogen) atoms. The van der Waals surface area contributed by atoms with Crippen LogP contribution < -0.4 is 14.8 Å². The molecule has 0 saturated heterocycles. The summed E-state index contributed by atoms with van der Waals surface area (Å²) < 4.78 is 13.0. The number of carbonyl (C=O) groups is 1. The largest absolute Gasteiger partial charge is 0.454 e. The van der Waals surface area contributed by atoms with Gasteiger partial charge in [-0.15, -0.1) is 11.3 Å². The Morgan fingerprint density at radius 3 is 3.00 bits per heavy atom. The number of para-hydroxylation sites is 1. The van der Waals surface area contributed by atoms with Crippen LogP contribution in [0.25, 0.3) is 10.2 Å². The van der Waals surface area contributed by atoms with E-state index < -0.39 is 0 Å². The van der Waals surface area contributed by atoms with E-state index in [0.29, 0.717) is 6.42 Å². The molecule has 2 aromatic carbocycles. The van der Waals surface area contributed by atoms with Crippen molar-refractivity contribution < 1.29 is 14.3 Å². The average molecular weight is 401 g/mol. The predicted molar refractivity (Wildman–Crippen MR) is 109 cm³/mol. The van der Waals surface area contributed by atoms with E-state index in [0.717, 1.165) is 39.1 Å². The molecule has 1 N–H and O–H groups in total. The highest BCUT2D eigenvalue weighted by atomic mass is 32.2. The Bertz CT molecular complexity index is 924. The number of thiazole rings is 1. The minimum Gasteiger partial charge on any atom is -0.454 e. The summed E-state index contributed by atoms with van der Waals surface area (Å²) in [4.78, 5) is 16.8. The molecular weight excluding hydrogens is 380 g/mol. The zero-order valence-corrected chi connectivity index (χ0v) is 16.6. The Balaban J connectivity index is 1.22. The molecule has 0 unspecified atom stereocenters. The number of amides is 1. The summed E-state index contributed by atoms with van der Waals surface area (Å²) in [7, 11) is 0. The number of carbonyl (C=O) groups excluding carboxylic acids is 1. The molecule has 7 heteroatoms. The molecule has 3 aromatic rings. The van der Waals surface area contributed by atoms with Gasteiger partial charge in [-0.1, -0.05) is 30.0 Å². The lowest BCUT2D eigenvalue weighted by atomic mass is 10.1. The number of thioether (sulfide) groups is 1. The fourth-order valence-corrected chi connectivity index (χ4v) is 4.96. The lowest BCUT2D eigenvalue weighted by molar-refractivity contribution is -0.121. The summed E-state index contributed by atoms with van der Waals surface area (Å²) in [6, 6.07) is 13.8. The minimum absolute atomic E-state index is 0.0602. The summed E-state index contributed by atoms with van der Waals surface area (Å²) >= 11 is 3.42. The van der Waals surface area contributed by atoms with Crippen molar-refractivity contribution in [2.24, 2.45) is 0 Å². The van der Waals surface area contributed by atoms with Crippen molar-refractivity contribution in [2.75, 3.05) is 12.5 Å². The maximum Gasteiger partial charge on any atom is 0.231 e. The van der Waals surface area contributed by atoms with Crippen LogP contribution in [0.3, 0.4) is 0 Å². The number of ether oxygens (including phenoxy) is 2. The topological polar surface area (TPSA) is 60.5 Å². The molecule has 1 aromatic heterocycles. The summed E-state index contributed by atoms with van der Waals surface area (Å²) in [5.41, 5.74) is 2.05. The second-order valence-electron chi connectivity index (χ2n) is 6.30. The van der Waals surface area contributed by atoms with Crippen LogP contribution >= 0.6 is 23.1 Å². The maximum atomic E-state index is 12.2. The normalized spacial score (nSPS) is 13.7. The van der Waals surface area contributed by atoms with Crippen LogP contribution in [-0.2, 0) is 4.79 Å². The third kappa shape index (κ3) is 4.36. The molecule has 5 nitrogen and oxygen atoms in total. The highest BCUT2D eigenvalue weighted by Gasteiger charge is 2.16. The zero-order chi connectivity index (χ0) is 18.6. The second kappa shape index (κ2) is 8.19. The summed E-state index contributed by atoms with van der Waals surface area (Å²) in [5, 5.41) is 3.05. The van der Waals surface area contributed by atoms with Crippen molar-refractivity contribution >= 4 is 39.2 Å². The lowest BCUT2D eigenvalue weighted by Crippen LogP contribution is -2.26. The van der Waals surface area contributed by atoms with Gasteiger partial charge in [0.05, 0.1) is 16.3 Å². The van der Waals surface area contributed by atoms with Gasteiger partial charge >= 0.3 is 0 Å². The van der Waals surface area contributed by atoms with Crippen LogP contribution in [0.2, 0.25) is 0 Å². The number of rotatable bonds is 7. The number of hydrogen-bond acceptors (Lipinski definition) is 6. The first-order valence-electron chi connectivity index (χ1n) is 8.86. The first-order valence-corrected chi connectivity index (χ1v) is 10.7. The van der Waals surface area contributed by atoms with Crippen LogP contribution in [0.15, 0.2) is 46.8 Å². The van der Waals surface area contributed by atoms with Gasteiger partial charge in [-0.05, 0) is 43.2 Å². The molecule has 4 rings (SSSR count). The van der Waals surface area contributed by atoms with Crippen molar-refractivity contribution in [3.8, 4) is 11.5 Å². The summed E-state index contributed by atoms with van der Waals surface area (Å²) in [6.07, 6.45) is 1.33. The third-order valence-electron chi connectivity index (χ3n) is 4.32. The molecule has 140 valence electrons. The SMILES string of the molecule is C[C@H](NC(=O)CCCSc1nc2ccccc2s1)c1ccc2c(c1)OCO2. The van der Waals surface area contributed by atoms with Crippen molar-refractivity contribution in [2.45, 2.75) is 30.1 Å². The predicted octanol–water partition coefficient (Wildman–Crippen LogP) is 4.77. The number of benzene rings is 2. The average Bonchev–Trinajstić information content (AvgIpc) is 3.30. The standard InChI is InChI=1S/C20H20N2O3S2/c1-13(14-8-9-16-17(11-14)25-12-24-16)21-19(23)7-4-10-26-20-22-15-5-2-3-6-18(15)27-20/h2-3,5-6,8-9,11,13H,4,7,10,12H2,1H3,(H,21,23)/t13-/m0/s1. The van der Waals surface area contributed by atoms with E-state index >= 15 is 0 Å². The van der Waals surface area contributed by atoms with E-state index in [9.17, 15) is 4.79 Å². The monoisotopic (exact) mass is 400 g/mol. The van der Waals surface area contributed by atoms with Crippen LogP contribution in [0.5, 0.6) is 11.5 Å². The number of nitrogens with zero attached hydrogens (tertiary/aromatic N) is 1. The molecule has 1 atom stereocenters. The fraction of sp³-hybridized carbons (Fsp3) is 0.300. The molecular formula is C20H20N2O3S2. The second-order valence-corrected chi connectivity index (χ2v) is 8.67. The Labute approximate surface area is 166 Å². The van der Waals surface area contributed by atoms with Crippen LogP contribution in [-0.4, -0.2) is 23.4 Å². The highest BCUT2D eigenvalue weighted by Crippen LogP contribution is 2.34. The Morgan fingerprint density at radius 2 is 2.11 bits per heavy atom. The van der Waals surface area contributed by atoms with Crippen LogP contribution in [0.4, 0.5) is 0 Å². The van der Waals surface area contributed by atoms with Gasteiger partial charge in [0, 0.05) is 12.2 Å². The third-order valence-corrected chi connectivity index (χ3v) is 6.59. The van der Waals surface area contributed by atoms with Gasteiger partial charge in [-0.25, -0.2) is 4.98 Å². The van der Waals surface area contributed by atoms with Gasteiger partial charge < -0.3 is 14.8 Å². The number of aromatic nitrogens is 1. The van der Waals surface area contributed by atoms with E-state index in [1.165, 1.54) is 4.70 Å². The first-order chi connectivity index (χ1) is 13.2. The summed E-state index contributed by atoms with van der Waals surface area (Å²) in [6.45, 7) is 2.23. The van der Waals surface area contributed by atoms with Crippen molar-refractivity contribution in [1.29, 1.82) is 0 Å². The fourth-order valence-electron chi connectivity index (χ4n) is 2.88. The highest BCUT2D eigenvalue weighted by molar-refractivity contribution is 8.01. The Hall–Kier alpha value is -2.25. The Kier molecular flexibility index (Phi) is 5.50. The number of fused-ring (bicyclic) bond motifs is 2. The van der Waals surface area contributed by atoms with Gasteiger partial charge in [0.25, 0.3) is 0 Å². The minimum atomic E-state index is -0.0658. The van der Waals surface area contributed by atoms with Gasteiger partial charge in [-0.2, -0.15) is 0 Å². The van der Waals surface area contributed by atoms with Gasteiger partial charge in [0.15, 0.2) is 15.8 Å². The first kappa shape index (κ1) is 18.1. The van der Waals surface area contributed by atoms with Gasteiger partial charge in [0.1, 0.15) is 0 Å². The quantitative estimate of drug-likeness (QED) is 0.457. The van der Waals surface area contributed by atoms with E-state index in [1.807, 2.05) is 43.3 Å². The van der Waals surface area contributed by atoms with Crippen LogP contribution in [0, 0.1) is 0 Å². The molecule has 0 spiro atoms. The molecule has 0 bridgehead atoms. The molecule has 1 aliphatic heterocycles. The summed E-state index contributed by atoms with van der Waals surface area (Å²) in [5.74, 6) is 2.43. The van der Waals surface area contributed by atoms with Gasteiger partial charge in [-0.3, -0.25) is 4.79 Å². The number of nitrogens with one attached hydrogen (secondary N) is 1. The van der Waals surface area contributed by atoms with E-state index in [-0.39, 0.29) is 18.7 Å². The molecule has 1 amide bonds. The molecule has 1 aliphatic rings. The molecule has 0 fully saturated rings. The molecule has 0 saturated carbocycles. The number of hydrogen-bond donors (Lipinski definition) is 1. The van der Waals surface area contributed by atoms with E-state index in [2.05, 4.69) is 16.4 Å². The Morgan fingerprint density at radius 1 is 1.26 bits per heavy atom. The smallest absolute Gasteiger partial charge is 0.231 e. The van der Waals surface area contributed by atoms with Crippen LogP contribution in [0.1, 0.15) is 31.4 Å². The van der Waals surface area contributed by atoms with E-state index in [4.69, 9.17) is 9.47 Å². The zero-order valence-electron chi connectivity index (χ0n) is 14.9. The van der Waals surface area contributed by atoms with Crippen molar-refractivity contribution in [3.05, 3.63) is 48.0 Å². The molecule has 0 aliphatic carbocycles. The van der Waals surface area contributed by atoms with Gasteiger partial charge in [0.2, 0.25) is 12.7 Å².